The number of hydrogen-bond acceptors (Lipinski definition) is 4. The Morgan fingerprint density at radius 2 is 2.11 bits per heavy atom. The van der Waals surface area contributed by atoms with Gasteiger partial charge in [-0.15, -0.1) is 0 Å². The average Bonchev–Trinajstić information content (AvgIpc) is 2.41. The highest BCUT2D eigenvalue weighted by molar-refractivity contribution is 7.89. The Balaban J connectivity index is 2.32. The summed E-state index contributed by atoms with van der Waals surface area (Å²) in [6.45, 7) is 5.43. The Morgan fingerprint density at radius 3 is 2.74 bits per heavy atom. The van der Waals surface area contributed by atoms with Crippen molar-refractivity contribution in [1.82, 2.24) is 9.29 Å². The zero-order chi connectivity index (χ0) is 14.0. The van der Waals surface area contributed by atoms with Crippen LogP contribution in [0, 0.1) is 11.8 Å². The van der Waals surface area contributed by atoms with Crippen molar-refractivity contribution in [1.29, 1.82) is 0 Å². The monoisotopic (exact) mass is 283 g/mol. The van der Waals surface area contributed by atoms with Gasteiger partial charge in [0.15, 0.2) is 5.03 Å². The minimum Gasteiger partial charge on any atom is -0.386 e. The molecule has 2 rings (SSSR count). The molecule has 0 saturated carbocycles. The van der Waals surface area contributed by atoms with Crippen LogP contribution in [0.3, 0.4) is 0 Å². The Kier molecular flexibility index (Phi) is 4.10. The molecule has 2 atom stereocenters. The third-order valence-electron chi connectivity index (χ3n) is 3.92. The number of sulfonamides is 1. The van der Waals surface area contributed by atoms with E-state index in [0.717, 1.165) is 6.42 Å². The molecule has 1 saturated heterocycles. The maximum atomic E-state index is 12.6. The van der Waals surface area contributed by atoms with Crippen molar-refractivity contribution in [3.8, 4) is 0 Å². The number of pyridine rings is 1. The lowest BCUT2D eigenvalue weighted by Crippen LogP contribution is -2.42. The van der Waals surface area contributed by atoms with E-state index in [-0.39, 0.29) is 5.03 Å². The number of aromatic nitrogens is 1. The molecule has 0 aromatic carbocycles. The maximum Gasteiger partial charge on any atom is 0.262 e. The van der Waals surface area contributed by atoms with Gasteiger partial charge < -0.3 is 5.32 Å². The van der Waals surface area contributed by atoms with Crippen molar-refractivity contribution in [2.75, 3.05) is 25.5 Å². The second-order valence-electron chi connectivity index (χ2n) is 5.21. The number of nitrogens with one attached hydrogen (secondary N) is 1. The highest BCUT2D eigenvalue weighted by Gasteiger charge is 2.33. The SMILES string of the molecule is CNc1cccnc1S(=O)(=O)N1CCC(C)C(C)C1. The third-order valence-corrected chi connectivity index (χ3v) is 5.75. The predicted molar refractivity (Wildman–Crippen MR) is 75.5 cm³/mol. The lowest BCUT2D eigenvalue weighted by molar-refractivity contribution is 0.212. The topological polar surface area (TPSA) is 62.3 Å². The van der Waals surface area contributed by atoms with Crippen molar-refractivity contribution in [2.24, 2.45) is 11.8 Å². The molecule has 19 heavy (non-hydrogen) atoms. The molecular formula is C13H21N3O2S. The summed E-state index contributed by atoms with van der Waals surface area (Å²) in [7, 11) is -1.80. The van der Waals surface area contributed by atoms with Crippen LogP contribution in [0.15, 0.2) is 23.4 Å². The highest BCUT2D eigenvalue weighted by atomic mass is 32.2. The van der Waals surface area contributed by atoms with E-state index < -0.39 is 10.0 Å². The van der Waals surface area contributed by atoms with Crippen LogP contribution in [0.4, 0.5) is 5.69 Å². The van der Waals surface area contributed by atoms with Crippen LogP contribution in [-0.4, -0.2) is 37.8 Å². The van der Waals surface area contributed by atoms with E-state index >= 15 is 0 Å². The van der Waals surface area contributed by atoms with Gasteiger partial charge in [0.1, 0.15) is 0 Å². The molecule has 0 bridgehead atoms. The minimum absolute atomic E-state index is 0.124. The zero-order valence-electron chi connectivity index (χ0n) is 11.6. The molecule has 6 heteroatoms. The van der Waals surface area contributed by atoms with Crippen molar-refractivity contribution < 1.29 is 8.42 Å². The van der Waals surface area contributed by atoms with Gasteiger partial charge in [0, 0.05) is 26.3 Å². The largest absolute Gasteiger partial charge is 0.386 e. The van der Waals surface area contributed by atoms with Gasteiger partial charge in [0.2, 0.25) is 0 Å². The van der Waals surface area contributed by atoms with Crippen LogP contribution in [0.5, 0.6) is 0 Å². The van der Waals surface area contributed by atoms with Gasteiger partial charge in [-0.05, 0) is 30.4 Å². The first kappa shape index (κ1) is 14.3. The molecule has 2 heterocycles. The Morgan fingerprint density at radius 1 is 1.37 bits per heavy atom. The summed E-state index contributed by atoms with van der Waals surface area (Å²) >= 11 is 0. The highest BCUT2D eigenvalue weighted by Crippen LogP contribution is 2.28. The summed E-state index contributed by atoms with van der Waals surface area (Å²) in [5.74, 6) is 0.948. The third kappa shape index (κ3) is 2.74. The molecule has 1 aromatic rings. The molecule has 0 spiro atoms. The summed E-state index contributed by atoms with van der Waals surface area (Å²) < 4.78 is 26.8. The first-order chi connectivity index (χ1) is 8.96. The van der Waals surface area contributed by atoms with Crippen LogP contribution >= 0.6 is 0 Å². The van der Waals surface area contributed by atoms with Gasteiger partial charge >= 0.3 is 0 Å². The molecule has 0 aliphatic carbocycles. The summed E-state index contributed by atoms with van der Waals surface area (Å²) in [6, 6.07) is 3.46. The van der Waals surface area contributed by atoms with E-state index in [1.807, 2.05) is 0 Å². The van der Waals surface area contributed by atoms with E-state index in [0.29, 0.717) is 30.6 Å². The van der Waals surface area contributed by atoms with E-state index in [1.54, 1.807) is 23.5 Å². The fraction of sp³-hybridized carbons (Fsp3) is 0.615. The van der Waals surface area contributed by atoms with Crippen LogP contribution < -0.4 is 5.32 Å². The number of nitrogens with zero attached hydrogens (tertiary/aromatic N) is 2. The second-order valence-corrected chi connectivity index (χ2v) is 7.07. The molecule has 1 aliphatic rings. The van der Waals surface area contributed by atoms with E-state index in [2.05, 4.69) is 24.1 Å². The molecule has 106 valence electrons. The van der Waals surface area contributed by atoms with Crippen LogP contribution in [-0.2, 0) is 10.0 Å². The summed E-state index contributed by atoms with van der Waals surface area (Å²) in [6.07, 6.45) is 2.42. The number of rotatable bonds is 3. The molecule has 2 unspecified atom stereocenters. The smallest absolute Gasteiger partial charge is 0.262 e. The summed E-state index contributed by atoms with van der Waals surface area (Å²) in [5.41, 5.74) is 0.550. The molecule has 5 nitrogen and oxygen atoms in total. The molecular weight excluding hydrogens is 262 g/mol. The van der Waals surface area contributed by atoms with E-state index in [9.17, 15) is 8.42 Å². The van der Waals surface area contributed by atoms with Crippen molar-refractivity contribution in [2.45, 2.75) is 25.3 Å². The molecule has 1 fully saturated rings. The lowest BCUT2D eigenvalue weighted by Gasteiger charge is -2.34. The fourth-order valence-electron chi connectivity index (χ4n) is 2.35. The number of hydrogen-bond donors (Lipinski definition) is 1. The molecule has 1 N–H and O–H groups in total. The molecule has 1 aliphatic heterocycles. The first-order valence-corrected chi connectivity index (χ1v) is 8.03. The second kappa shape index (κ2) is 5.46. The fourth-order valence-corrected chi connectivity index (χ4v) is 4.02. The Labute approximate surface area is 115 Å². The Bertz CT molecular complexity index is 545. The molecule has 0 amide bonds. The zero-order valence-corrected chi connectivity index (χ0v) is 12.4. The van der Waals surface area contributed by atoms with Crippen molar-refractivity contribution in [3.63, 3.8) is 0 Å². The van der Waals surface area contributed by atoms with Gasteiger partial charge in [-0.1, -0.05) is 13.8 Å². The van der Waals surface area contributed by atoms with Crippen LogP contribution in [0.2, 0.25) is 0 Å². The van der Waals surface area contributed by atoms with Crippen molar-refractivity contribution >= 4 is 15.7 Å². The molecule has 1 aromatic heterocycles. The van der Waals surface area contributed by atoms with Gasteiger partial charge in [-0.3, -0.25) is 0 Å². The molecule has 0 radical (unpaired) electrons. The quantitative estimate of drug-likeness (QED) is 0.918. The minimum atomic E-state index is -3.50. The first-order valence-electron chi connectivity index (χ1n) is 6.59. The average molecular weight is 283 g/mol. The van der Waals surface area contributed by atoms with Crippen molar-refractivity contribution in [3.05, 3.63) is 18.3 Å². The van der Waals surface area contributed by atoms with Gasteiger partial charge in [-0.25, -0.2) is 13.4 Å². The van der Waals surface area contributed by atoms with Crippen LogP contribution in [0.25, 0.3) is 0 Å². The van der Waals surface area contributed by atoms with Gasteiger partial charge in [0.25, 0.3) is 10.0 Å². The maximum absolute atomic E-state index is 12.6. The number of anilines is 1. The normalized spacial score (nSPS) is 25.2. The van der Waals surface area contributed by atoms with Crippen LogP contribution in [0.1, 0.15) is 20.3 Å². The summed E-state index contributed by atoms with van der Waals surface area (Å²) in [5, 5.41) is 3.02. The predicted octanol–water partition coefficient (Wildman–Crippen LogP) is 1.79. The number of piperidine rings is 1. The summed E-state index contributed by atoms with van der Waals surface area (Å²) in [4.78, 5) is 4.05. The lowest BCUT2D eigenvalue weighted by atomic mass is 9.90. The van der Waals surface area contributed by atoms with E-state index in [4.69, 9.17) is 0 Å². The van der Waals surface area contributed by atoms with Gasteiger partial charge in [-0.2, -0.15) is 4.31 Å². The van der Waals surface area contributed by atoms with E-state index in [1.165, 1.54) is 6.20 Å². The Hall–Kier alpha value is -1.14. The standard InChI is InChI=1S/C13H21N3O2S/c1-10-6-8-16(9-11(10)2)19(17,18)13-12(14-3)5-4-7-15-13/h4-5,7,10-11,14H,6,8-9H2,1-3H3. The van der Waals surface area contributed by atoms with Gasteiger partial charge in [0.05, 0.1) is 5.69 Å².